The predicted molar refractivity (Wildman–Crippen MR) is 68.1 cm³/mol. The van der Waals surface area contributed by atoms with Crippen LogP contribution in [0.25, 0.3) is 0 Å². The van der Waals surface area contributed by atoms with Gasteiger partial charge in [0.05, 0.1) is 10.6 Å². The van der Waals surface area contributed by atoms with Crippen LogP contribution < -0.4 is 11.1 Å². The lowest BCUT2D eigenvalue weighted by Gasteiger charge is -2.19. The second-order valence-corrected chi connectivity index (χ2v) is 5.47. The Labute approximate surface area is 100 Å². The van der Waals surface area contributed by atoms with Crippen LogP contribution in [-0.2, 0) is 6.42 Å². The summed E-state index contributed by atoms with van der Waals surface area (Å²) in [6, 6.07) is 0. The number of nitrogens with one attached hydrogen (secondary N) is 1. The summed E-state index contributed by atoms with van der Waals surface area (Å²) in [6.45, 7) is 4.76. The van der Waals surface area contributed by atoms with E-state index in [1.807, 2.05) is 6.92 Å². The number of carbonyl (C=O) groups is 1. The Hall–Kier alpha value is -1.03. The molecule has 16 heavy (non-hydrogen) atoms. The van der Waals surface area contributed by atoms with E-state index in [1.165, 1.54) is 16.9 Å². The second-order valence-electron chi connectivity index (χ2n) is 4.33. The number of carbonyl (C=O) groups excluding carboxylic acids is 1. The second kappa shape index (κ2) is 4.45. The largest absolute Gasteiger partial charge is 0.390 e. The zero-order chi connectivity index (χ0) is 11.7. The lowest BCUT2D eigenvalue weighted by Crippen LogP contribution is -2.25. The van der Waals surface area contributed by atoms with E-state index >= 15 is 0 Å². The molecule has 1 aromatic heterocycles. The van der Waals surface area contributed by atoms with E-state index in [9.17, 15) is 4.79 Å². The summed E-state index contributed by atoms with van der Waals surface area (Å²) in [5.41, 5.74) is 7.92. The van der Waals surface area contributed by atoms with Crippen LogP contribution in [0, 0.1) is 0 Å². The highest BCUT2D eigenvalue weighted by atomic mass is 32.1. The Morgan fingerprint density at radius 3 is 3.06 bits per heavy atom. The van der Waals surface area contributed by atoms with Crippen molar-refractivity contribution in [2.45, 2.75) is 39.0 Å². The summed E-state index contributed by atoms with van der Waals surface area (Å²) in [5, 5.41) is 3.53. The van der Waals surface area contributed by atoms with Gasteiger partial charge in [0.2, 0.25) is 0 Å². The zero-order valence-corrected chi connectivity index (χ0v) is 10.6. The molecule has 1 unspecified atom stereocenters. The maximum Gasteiger partial charge on any atom is 0.254 e. The van der Waals surface area contributed by atoms with Gasteiger partial charge in [0.1, 0.15) is 0 Å². The molecule has 2 rings (SSSR count). The fourth-order valence-electron chi connectivity index (χ4n) is 2.41. The maximum atomic E-state index is 12.0. The van der Waals surface area contributed by atoms with Gasteiger partial charge in [-0.1, -0.05) is 6.92 Å². The summed E-state index contributed by atoms with van der Waals surface area (Å²) in [5.74, 6) is 0.459. The highest BCUT2D eigenvalue weighted by Gasteiger charge is 2.27. The SMILES string of the molecule is CCNC(=O)c1c(N)sc2c1C(C)CCC2. The van der Waals surface area contributed by atoms with Gasteiger partial charge in [-0.3, -0.25) is 4.79 Å². The number of rotatable bonds is 2. The molecule has 0 saturated carbocycles. The number of anilines is 1. The molecular formula is C12H18N2OS. The van der Waals surface area contributed by atoms with Crippen molar-refractivity contribution in [3.63, 3.8) is 0 Å². The van der Waals surface area contributed by atoms with E-state index in [-0.39, 0.29) is 5.91 Å². The van der Waals surface area contributed by atoms with E-state index in [1.54, 1.807) is 11.3 Å². The van der Waals surface area contributed by atoms with Crippen molar-refractivity contribution in [1.82, 2.24) is 5.32 Å². The fourth-order valence-corrected chi connectivity index (χ4v) is 3.64. The monoisotopic (exact) mass is 238 g/mol. The van der Waals surface area contributed by atoms with Crippen LogP contribution in [0.3, 0.4) is 0 Å². The van der Waals surface area contributed by atoms with Crippen molar-refractivity contribution in [2.75, 3.05) is 12.3 Å². The van der Waals surface area contributed by atoms with Gasteiger partial charge < -0.3 is 11.1 Å². The Kier molecular flexibility index (Phi) is 3.19. The van der Waals surface area contributed by atoms with Crippen LogP contribution in [0.4, 0.5) is 5.00 Å². The van der Waals surface area contributed by atoms with Gasteiger partial charge in [-0.05, 0) is 37.7 Å². The quantitative estimate of drug-likeness (QED) is 0.832. The first-order valence-corrected chi connectivity index (χ1v) is 6.66. The molecule has 1 aliphatic rings. The van der Waals surface area contributed by atoms with Crippen LogP contribution >= 0.6 is 11.3 Å². The summed E-state index contributed by atoms with van der Waals surface area (Å²) < 4.78 is 0. The van der Waals surface area contributed by atoms with Gasteiger partial charge in [-0.15, -0.1) is 11.3 Å². The molecule has 4 heteroatoms. The standard InChI is InChI=1S/C12H18N2OS/c1-3-14-12(15)10-9-7(2)5-4-6-8(9)16-11(10)13/h7H,3-6,13H2,1-2H3,(H,14,15). The first-order chi connectivity index (χ1) is 7.65. The van der Waals surface area contributed by atoms with Crippen LogP contribution in [0.5, 0.6) is 0 Å². The molecule has 0 fully saturated rings. The van der Waals surface area contributed by atoms with Crippen molar-refractivity contribution in [2.24, 2.45) is 0 Å². The molecule has 3 N–H and O–H groups in total. The topological polar surface area (TPSA) is 55.1 Å². The molecule has 0 aliphatic heterocycles. The first kappa shape index (κ1) is 11.5. The average Bonchev–Trinajstić information content (AvgIpc) is 2.56. The molecule has 1 aliphatic carbocycles. The third-order valence-corrected chi connectivity index (χ3v) is 4.24. The number of hydrogen-bond donors (Lipinski definition) is 2. The van der Waals surface area contributed by atoms with Gasteiger partial charge in [-0.25, -0.2) is 0 Å². The molecular weight excluding hydrogens is 220 g/mol. The number of nitrogen functional groups attached to an aromatic ring is 1. The van der Waals surface area contributed by atoms with E-state index in [2.05, 4.69) is 12.2 Å². The van der Waals surface area contributed by atoms with Crippen molar-refractivity contribution >= 4 is 22.2 Å². The average molecular weight is 238 g/mol. The molecule has 88 valence electrons. The minimum Gasteiger partial charge on any atom is -0.390 e. The van der Waals surface area contributed by atoms with Crippen LogP contribution in [0.1, 0.15) is 53.4 Å². The molecule has 1 atom stereocenters. The van der Waals surface area contributed by atoms with E-state index in [4.69, 9.17) is 5.73 Å². The molecule has 1 heterocycles. The van der Waals surface area contributed by atoms with E-state index < -0.39 is 0 Å². The first-order valence-electron chi connectivity index (χ1n) is 5.84. The van der Waals surface area contributed by atoms with Crippen molar-refractivity contribution in [1.29, 1.82) is 0 Å². The number of fused-ring (bicyclic) bond motifs is 1. The molecule has 0 saturated heterocycles. The van der Waals surface area contributed by atoms with Gasteiger partial charge in [0, 0.05) is 11.4 Å². The van der Waals surface area contributed by atoms with Crippen LogP contribution in [-0.4, -0.2) is 12.5 Å². The number of aryl methyl sites for hydroxylation is 1. The predicted octanol–water partition coefficient (Wildman–Crippen LogP) is 2.52. The van der Waals surface area contributed by atoms with Crippen LogP contribution in [0.15, 0.2) is 0 Å². The molecule has 3 nitrogen and oxygen atoms in total. The summed E-state index contributed by atoms with van der Waals surface area (Å²) in [6.07, 6.45) is 3.45. The Morgan fingerprint density at radius 2 is 2.38 bits per heavy atom. The van der Waals surface area contributed by atoms with Crippen molar-refractivity contribution in [3.8, 4) is 0 Å². The minimum absolute atomic E-state index is 0.00810. The Balaban J connectivity index is 2.44. The van der Waals surface area contributed by atoms with E-state index in [0.29, 0.717) is 17.5 Å². The van der Waals surface area contributed by atoms with Crippen LogP contribution in [0.2, 0.25) is 0 Å². The molecule has 0 bridgehead atoms. The summed E-state index contributed by atoms with van der Waals surface area (Å²) >= 11 is 1.59. The molecule has 0 radical (unpaired) electrons. The van der Waals surface area contributed by atoms with Gasteiger partial charge in [0.15, 0.2) is 0 Å². The maximum absolute atomic E-state index is 12.0. The minimum atomic E-state index is -0.00810. The number of thiophene rings is 1. The number of nitrogens with two attached hydrogens (primary N) is 1. The highest BCUT2D eigenvalue weighted by molar-refractivity contribution is 7.16. The van der Waals surface area contributed by atoms with E-state index in [0.717, 1.165) is 18.4 Å². The Morgan fingerprint density at radius 1 is 1.62 bits per heavy atom. The smallest absolute Gasteiger partial charge is 0.254 e. The summed E-state index contributed by atoms with van der Waals surface area (Å²) in [4.78, 5) is 13.3. The van der Waals surface area contributed by atoms with Gasteiger partial charge in [-0.2, -0.15) is 0 Å². The zero-order valence-electron chi connectivity index (χ0n) is 9.80. The lowest BCUT2D eigenvalue weighted by atomic mass is 9.86. The van der Waals surface area contributed by atoms with Crippen molar-refractivity contribution < 1.29 is 4.79 Å². The molecule has 1 amide bonds. The number of hydrogen-bond acceptors (Lipinski definition) is 3. The highest BCUT2D eigenvalue weighted by Crippen LogP contribution is 2.41. The van der Waals surface area contributed by atoms with Crippen molar-refractivity contribution in [3.05, 3.63) is 16.0 Å². The summed E-state index contributed by atoms with van der Waals surface area (Å²) in [7, 11) is 0. The molecule has 0 aromatic carbocycles. The third kappa shape index (κ3) is 1.82. The lowest BCUT2D eigenvalue weighted by molar-refractivity contribution is 0.0955. The Bertz CT molecular complexity index is 411. The fraction of sp³-hybridized carbons (Fsp3) is 0.583. The number of amides is 1. The molecule has 1 aromatic rings. The normalized spacial score (nSPS) is 19.2. The van der Waals surface area contributed by atoms with Gasteiger partial charge >= 0.3 is 0 Å². The van der Waals surface area contributed by atoms with Gasteiger partial charge in [0.25, 0.3) is 5.91 Å². The third-order valence-electron chi connectivity index (χ3n) is 3.15. The molecule has 0 spiro atoms.